The Kier molecular flexibility index (Phi) is 6.87. The van der Waals surface area contributed by atoms with Crippen LogP contribution in [0, 0.1) is 0 Å². The van der Waals surface area contributed by atoms with Gasteiger partial charge < -0.3 is 5.32 Å². The average molecular weight is 495 g/mol. The summed E-state index contributed by atoms with van der Waals surface area (Å²) in [6.07, 6.45) is -15.6. The second-order valence-corrected chi connectivity index (χ2v) is 6.85. The van der Waals surface area contributed by atoms with Crippen molar-refractivity contribution in [3.05, 3.63) is 52.0 Å². The highest BCUT2D eigenvalue weighted by Crippen LogP contribution is 2.32. The first-order valence-electron chi connectivity index (χ1n) is 7.91. The molecular weight excluding hydrogens is 487 g/mol. The molecule has 1 N–H and O–H groups in total. The number of thiophene rings is 1. The van der Waals surface area contributed by atoms with Crippen LogP contribution >= 0.6 is 11.3 Å². The predicted octanol–water partition coefficient (Wildman–Crippen LogP) is 3.33. The summed E-state index contributed by atoms with van der Waals surface area (Å²) in [6, 6.07) is 0.650. The van der Waals surface area contributed by atoms with E-state index < -0.39 is 57.7 Å². The van der Waals surface area contributed by atoms with Crippen molar-refractivity contribution in [3.8, 4) is 0 Å². The summed E-state index contributed by atoms with van der Waals surface area (Å²) < 4.78 is 115. The molecule has 0 aliphatic carbocycles. The lowest BCUT2D eigenvalue weighted by Gasteiger charge is -2.18. The van der Waals surface area contributed by atoms with Gasteiger partial charge in [-0.05, 0) is 18.2 Å². The van der Waals surface area contributed by atoms with Gasteiger partial charge in [0.1, 0.15) is 0 Å². The van der Waals surface area contributed by atoms with Crippen LogP contribution in [0.5, 0.6) is 0 Å². The number of carbonyl (C=O) groups excluding carboxylic acids is 3. The molecule has 2 aromatic rings. The third-order valence-electron chi connectivity index (χ3n) is 3.48. The van der Waals surface area contributed by atoms with Gasteiger partial charge in [0.25, 0.3) is 17.4 Å². The van der Waals surface area contributed by atoms with Gasteiger partial charge in [-0.25, -0.2) is 4.79 Å². The SMILES string of the molecule is O=C(NC(c1cccc[n+]1OC(=O)C(F)(F)F)C(F)(F)F)c1ccc(C(=O)C(F)(F)F)s1. The Morgan fingerprint density at radius 1 is 0.875 bits per heavy atom. The van der Waals surface area contributed by atoms with Gasteiger partial charge in [0.15, 0.2) is 0 Å². The molecule has 2 heterocycles. The zero-order valence-electron chi connectivity index (χ0n) is 14.9. The Morgan fingerprint density at radius 2 is 1.47 bits per heavy atom. The first kappa shape index (κ1) is 25.1. The molecule has 1 amide bonds. The molecule has 174 valence electrons. The highest BCUT2D eigenvalue weighted by molar-refractivity contribution is 7.16. The van der Waals surface area contributed by atoms with E-state index in [1.54, 1.807) is 0 Å². The van der Waals surface area contributed by atoms with Gasteiger partial charge in [0.2, 0.25) is 12.2 Å². The van der Waals surface area contributed by atoms with Gasteiger partial charge in [0, 0.05) is 16.9 Å². The van der Waals surface area contributed by atoms with Crippen LogP contribution < -0.4 is 14.9 Å². The Balaban J connectivity index is 2.36. The Hall–Kier alpha value is -3.17. The molecule has 1 atom stereocenters. The van der Waals surface area contributed by atoms with Crippen LogP contribution in [0.3, 0.4) is 0 Å². The van der Waals surface area contributed by atoms with Crippen molar-refractivity contribution < 1.29 is 63.5 Å². The van der Waals surface area contributed by atoms with Crippen LogP contribution in [-0.4, -0.2) is 36.2 Å². The number of hydrogen-bond acceptors (Lipinski definition) is 5. The number of aromatic nitrogens is 1. The van der Waals surface area contributed by atoms with Gasteiger partial charge in [-0.3, -0.25) is 9.59 Å². The van der Waals surface area contributed by atoms with Crippen molar-refractivity contribution in [2.45, 2.75) is 24.6 Å². The van der Waals surface area contributed by atoms with E-state index in [9.17, 15) is 53.9 Å². The zero-order valence-corrected chi connectivity index (χ0v) is 15.7. The number of carbonyl (C=O) groups is 3. The summed E-state index contributed by atoms with van der Waals surface area (Å²) in [5.41, 5.74) is -1.16. The van der Waals surface area contributed by atoms with Crippen molar-refractivity contribution in [2.75, 3.05) is 0 Å². The lowest BCUT2D eigenvalue weighted by molar-refractivity contribution is -0.877. The number of nitrogens with one attached hydrogen (secondary N) is 1. The fourth-order valence-electron chi connectivity index (χ4n) is 2.14. The predicted molar refractivity (Wildman–Crippen MR) is 85.2 cm³/mol. The molecule has 0 fully saturated rings. The first-order chi connectivity index (χ1) is 14.5. The third kappa shape index (κ3) is 5.95. The number of hydrogen-bond donors (Lipinski definition) is 1. The third-order valence-corrected chi connectivity index (χ3v) is 4.56. The summed E-state index contributed by atoms with van der Waals surface area (Å²) in [4.78, 5) is 36.5. The largest absolute Gasteiger partial charge is 0.498 e. The van der Waals surface area contributed by atoms with Crippen LogP contribution in [0.2, 0.25) is 0 Å². The molecule has 0 saturated heterocycles. The summed E-state index contributed by atoms with van der Waals surface area (Å²) >= 11 is -0.0479. The number of halogens is 9. The number of pyridine rings is 1. The number of nitrogens with zero attached hydrogens (tertiary/aromatic N) is 1. The number of alkyl halides is 9. The fourth-order valence-corrected chi connectivity index (χ4v) is 3.01. The highest BCUT2D eigenvalue weighted by Gasteiger charge is 2.50. The molecule has 0 aliphatic heterocycles. The topological polar surface area (TPSA) is 76.4 Å². The molecule has 16 heteroatoms. The van der Waals surface area contributed by atoms with Gasteiger partial charge in [-0.1, -0.05) is 0 Å². The normalized spacial score (nSPS) is 13.4. The molecule has 0 aliphatic rings. The van der Waals surface area contributed by atoms with Gasteiger partial charge in [0.05, 0.1) is 9.75 Å². The van der Waals surface area contributed by atoms with E-state index in [-0.39, 0.29) is 16.1 Å². The maximum atomic E-state index is 13.5. The Morgan fingerprint density at radius 3 is 2.00 bits per heavy atom. The monoisotopic (exact) mass is 495 g/mol. The fraction of sp³-hybridized carbons (Fsp3) is 0.250. The molecule has 2 aromatic heterocycles. The molecular formula is C16H8F9N2O4S+. The Bertz CT molecular complexity index is 1030. The van der Waals surface area contributed by atoms with E-state index in [1.165, 1.54) is 5.32 Å². The van der Waals surface area contributed by atoms with E-state index in [4.69, 9.17) is 0 Å². The van der Waals surface area contributed by atoms with Gasteiger partial charge >= 0.3 is 24.5 Å². The molecule has 0 spiro atoms. The van der Waals surface area contributed by atoms with Crippen molar-refractivity contribution in [2.24, 2.45) is 0 Å². The maximum absolute atomic E-state index is 13.5. The maximum Gasteiger partial charge on any atom is 0.498 e. The summed E-state index contributed by atoms with van der Waals surface area (Å²) in [6.45, 7) is 0. The van der Waals surface area contributed by atoms with E-state index >= 15 is 0 Å². The number of Topliss-reactive ketones (excluding diaryl/α,β-unsaturated/α-hetero) is 1. The van der Waals surface area contributed by atoms with Crippen LogP contribution in [0.1, 0.15) is 31.1 Å². The number of rotatable bonds is 5. The van der Waals surface area contributed by atoms with E-state index in [0.29, 0.717) is 24.4 Å². The van der Waals surface area contributed by atoms with Crippen LogP contribution in [0.25, 0.3) is 0 Å². The van der Waals surface area contributed by atoms with Crippen LogP contribution in [-0.2, 0) is 4.79 Å². The van der Waals surface area contributed by atoms with Crippen LogP contribution in [0.15, 0.2) is 36.5 Å². The van der Waals surface area contributed by atoms with Gasteiger partial charge in [-0.15, -0.1) is 11.3 Å². The summed E-state index contributed by atoms with van der Waals surface area (Å²) in [7, 11) is 0. The lowest BCUT2D eigenvalue weighted by atomic mass is 10.1. The molecule has 0 saturated carbocycles. The van der Waals surface area contributed by atoms with Crippen molar-refractivity contribution in [1.29, 1.82) is 0 Å². The summed E-state index contributed by atoms with van der Waals surface area (Å²) in [5.74, 6) is -6.76. The molecule has 0 radical (unpaired) electrons. The molecule has 0 bridgehead atoms. The molecule has 0 aromatic carbocycles. The van der Waals surface area contributed by atoms with Crippen molar-refractivity contribution >= 4 is 29.0 Å². The number of ketones is 1. The quantitative estimate of drug-likeness (QED) is 0.393. The van der Waals surface area contributed by atoms with E-state index in [2.05, 4.69) is 4.84 Å². The minimum absolute atomic E-state index is 0.0479. The van der Waals surface area contributed by atoms with Crippen molar-refractivity contribution in [3.63, 3.8) is 0 Å². The number of amides is 1. The first-order valence-corrected chi connectivity index (χ1v) is 8.72. The standard InChI is InChI=1S/C16H7F9N2O4S/c17-14(18,19)10(7-3-1-2-6-27(7)31-13(30)16(23,24)25)26-12(29)9-5-4-8(32-9)11(28)15(20,21)22/h1-6,10H/p+1. The Labute approximate surface area is 175 Å². The average Bonchev–Trinajstić information content (AvgIpc) is 3.13. The van der Waals surface area contributed by atoms with Crippen LogP contribution in [0.4, 0.5) is 39.5 Å². The highest BCUT2D eigenvalue weighted by atomic mass is 32.1. The summed E-state index contributed by atoms with van der Waals surface area (Å²) in [5, 5.41) is 1.39. The zero-order chi connectivity index (χ0) is 24.5. The minimum atomic E-state index is -5.55. The van der Waals surface area contributed by atoms with E-state index in [1.807, 2.05) is 0 Å². The van der Waals surface area contributed by atoms with Crippen molar-refractivity contribution in [1.82, 2.24) is 5.32 Å². The lowest BCUT2D eigenvalue weighted by Crippen LogP contribution is -2.56. The van der Waals surface area contributed by atoms with E-state index in [0.717, 1.165) is 12.1 Å². The second kappa shape index (κ2) is 8.76. The molecule has 1 unspecified atom stereocenters. The molecule has 6 nitrogen and oxygen atoms in total. The molecule has 32 heavy (non-hydrogen) atoms. The second-order valence-electron chi connectivity index (χ2n) is 5.77. The molecule has 2 rings (SSSR count). The smallest absolute Gasteiger partial charge is 0.331 e. The minimum Gasteiger partial charge on any atom is -0.331 e. The van der Waals surface area contributed by atoms with Gasteiger partial charge in [-0.2, -0.15) is 44.4 Å².